The van der Waals surface area contributed by atoms with Crippen LogP contribution in [0.4, 0.5) is 0 Å². The highest BCUT2D eigenvalue weighted by Gasteiger charge is 2.08. The molecule has 0 aliphatic carbocycles. The molecule has 13 heavy (non-hydrogen) atoms. The molecule has 0 unspecified atom stereocenters. The molecule has 3 nitrogen and oxygen atoms in total. The highest BCUT2D eigenvalue weighted by molar-refractivity contribution is 7.87. The van der Waals surface area contributed by atoms with E-state index in [1.165, 1.54) is 6.92 Å². The predicted molar refractivity (Wildman–Crippen MR) is 53.8 cm³/mol. The topological polar surface area (TPSA) is 43.4 Å². The Morgan fingerprint density at radius 3 is 2.31 bits per heavy atom. The Morgan fingerprint density at radius 2 is 1.85 bits per heavy atom. The van der Waals surface area contributed by atoms with E-state index < -0.39 is 10.1 Å². The third-order valence-electron chi connectivity index (χ3n) is 1.41. The van der Waals surface area contributed by atoms with Gasteiger partial charge >= 0.3 is 10.1 Å². The molecule has 5 heteroatoms. The highest BCUT2D eigenvalue weighted by atomic mass is 32.2. The Balaban J connectivity index is 2.82. The van der Waals surface area contributed by atoms with E-state index in [1.54, 1.807) is 24.3 Å². The Morgan fingerprint density at radius 1 is 1.31 bits per heavy atom. The summed E-state index contributed by atoms with van der Waals surface area (Å²) in [7, 11) is -3.41. The third-order valence-corrected chi connectivity index (χ3v) is 2.87. The number of thiol groups is 1. The van der Waals surface area contributed by atoms with Crippen molar-refractivity contribution in [3.05, 3.63) is 24.3 Å². The van der Waals surface area contributed by atoms with Gasteiger partial charge in [0.05, 0.1) is 5.75 Å². The van der Waals surface area contributed by atoms with Crippen molar-refractivity contribution in [3.8, 4) is 5.75 Å². The maximum absolute atomic E-state index is 11.0. The molecule has 0 aliphatic rings. The van der Waals surface area contributed by atoms with E-state index in [0.717, 1.165) is 4.90 Å². The number of rotatable bonds is 3. The highest BCUT2D eigenvalue weighted by Crippen LogP contribution is 2.16. The summed E-state index contributed by atoms with van der Waals surface area (Å²) in [4.78, 5) is 0.765. The summed E-state index contributed by atoms with van der Waals surface area (Å²) in [5.74, 6) is 0.287. The number of benzene rings is 1. The standard InChI is InChI=1S/C8H10O3S2/c1-2-13(9,10)11-7-3-5-8(12)6-4-7/h3-6,12H,2H2,1H3. The van der Waals surface area contributed by atoms with Crippen LogP contribution < -0.4 is 4.18 Å². The van der Waals surface area contributed by atoms with Crippen molar-refractivity contribution in [1.82, 2.24) is 0 Å². The first-order valence-corrected chi connectivity index (χ1v) is 5.77. The zero-order valence-electron chi connectivity index (χ0n) is 7.10. The zero-order chi connectivity index (χ0) is 9.90. The van der Waals surface area contributed by atoms with Crippen molar-refractivity contribution >= 4 is 22.7 Å². The van der Waals surface area contributed by atoms with E-state index in [4.69, 9.17) is 4.18 Å². The normalized spacial score (nSPS) is 11.2. The van der Waals surface area contributed by atoms with Crippen LogP contribution in [0, 0.1) is 0 Å². The van der Waals surface area contributed by atoms with Crippen molar-refractivity contribution in [3.63, 3.8) is 0 Å². The summed E-state index contributed by atoms with van der Waals surface area (Å²) in [6.45, 7) is 1.53. The summed E-state index contributed by atoms with van der Waals surface area (Å²) in [5, 5.41) is 0. The minimum Gasteiger partial charge on any atom is -0.382 e. The van der Waals surface area contributed by atoms with Gasteiger partial charge in [-0.3, -0.25) is 0 Å². The molecule has 0 fully saturated rings. The molecule has 0 spiro atoms. The fourth-order valence-corrected chi connectivity index (χ4v) is 1.38. The lowest BCUT2D eigenvalue weighted by Crippen LogP contribution is -2.11. The van der Waals surface area contributed by atoms with Gasteiger partial charge < -0.3 is 4.18 Å². The third kappa shape index (κ3) is 3.28. The summed E-state index contributed by atoms with van der Waals surface area (Å²) in [5.41, 5.74) is 0. The van der Waals surface area contributed by atoms with Crippen LogP contribution in [-0.2, 0) is 10.1 Å². The van der Waals surface area contributed by atoms with Crippen molar-refractivity contribution in [2.75, 3.05) is 5.75 Å². The Bertz CT molecular complexity index is 367. The molecule has 0 radical (unpaired) electrons. The zero-order valence-corrected chi connectivity index (χ0v) is 8.81. The fraction of sp³-hybridized carbons (Fsp3) is 0.250. The molecule has 0 saturated heterocycles. The van der Waals surface area contributed by atoms with Crippen molar-refractivity contribution < 1.29 is 12.6 Å². The molecule has 0 amide bonds. The van der Waals surface area contributed by atoms with Gasteiger partial charge in [0.1, 0.15) is 5.75 Å². The Kier molecular flexibility index (Phi) is 3.22. The summed E-state index contributed by atoms with van der Waals surface area (Å²) < 4.78 is 26.8. The van der Waals surface area contributed by atoms with Gasteiger partial charge in [-0.25, -0.2) is 0 Å². The van der Waals surface area contributed by atoms with Crippen LogP contribution in [0.15, 0.2) is 29.2 Å². The van der Waals surface area contributed by atoms with Crippen LogP contribution in [0.2, 0.25) is 0 Å². The van der Waals surface area contributed by atoms with Gasteiger partial charge in [-0.2, -0.15) is 8.42 Å². The second-order valence-electron chi connectivity index (χ2n) is 2.42. The maximum Gasteiger partial charge on any atom is 0.308 e. The minimum absolute atomic E-state index is 0.0321. The van der Waals surface area contributed by atoms with Crippen molar-refractivity contribution in [2.24, 2.45) is 0 Å². The molecule has 0 saturated carbocycles. The molecule has 0 heterocycles. The van der Waals surface area contributed by atoms with Gasteiger partial charge in [0.25, 0.3) is 0 Å². The second-order valence-corrected chi connectivity index (χ2v) is 4.80. The van der Waals surface area contributed by atoms with Crippen LogP contribution in [0.25, 0.3) is 0 Å². The average Bonchev–Trinajstić information content (AvgIpc) is 2.09. The minimum atomic E-state index is -3.41. The molecule has 1 rings (SSSR count). The molecule has 0 N–H and O–H groups in total. The maximum atomic E-state index is 11.0. The lowest BCUT2D eigenvalue weighted by molar-refractivity contribution is 0.487. The van der Waals surface area contributed by atoms with Gasteiger partial charge in [0.15, 0.2) is 0 Å². The Hall–Kier alpha value is -0.680. The number of hydrogen-bond acceptors (Lipinski definition) is 4. The molecule has 72 valence electrons. The second kappa shape index (κ2) is 4.02. The molecule has 0 aromatic heterocycles. The SMILES string of the molecule is CCS(=O)(=O)Oc1ccc(S)cc1. The lowest BCUT2D eigenvalue weighted by atomic mass is 10.3. The van der Waals surface area contributed by atoms with Gasteiger partial charge in [-0.1, -0.05) is 0 Å². The molecule has 0 bridgehead atoms. The quantitative estimate of drug-likeness (QED) is 0.620. The van der Waals surface area contributed by atoms with Gasteiger partial charge in [-0.05, 0) is 31.2 Å². The molecule has 1 aromatic rings. The van der Waals surface area contributed by atoms with Gasteiger partial charge in [0, 0.05) is 4.90 Å². The largest absolute Gasteiger partial charge is 0.382 e. The Labute approximate surface area is 83.3 Å². The molecular formula is C8H10O3S2. The number of hydrogen-bond donors (Lipinski definition) is 1. The molecule has 1 aromatic carbocycles. The summed E-state index contributed by atoms with van der Waals surface area (Å²) >= 11 is 4.06. The van der Waals surface area contributed by atoms with E-state index in [-0.39, 0.29) is 5.75 Å². The van der Waals surface area contributed by atoms with E-state index in [1.807, 2.05) is 0 Å². The fourth-order valence-electron chi connectivity index (χ4n) is 0.707. The van der Waals surface area contributed by atoms with Crippen LogP contribution in [0.1, 0.15) is 6.92 Å². The van der Waals surface area contributed by atoms with Crippen molar-refractivity contribution in [2.45, 2.75) is 11.8 Å². The predicted octanol–water partition coefficient (Wildman–Crippen LogP) is 1.70. The smallest absolute Gasteiger partial charge is 0.308 e. The summed E-state index contributed by atoms with van der Waals surface area (Å²) in [6.07, 6.45) is 0. The molecular weight excluding hydrogens is 208 g/mol. The van der Waals surface area contributed by atoms with Crippen LogP contribution in [-0.4, -0.2) is 14.2 Å². The van der Waals surface area contributed by atoms with E-state index >= 15 is 0 Å². The van der Waals surface area contributed by atoms with Crippen LogP contribution >= 0.6 is 12.6 Å². The van der Waals surface area contributed by atoms with Gasteiger partial charge in [-0.15, -0.1) is 12.6 Å². The van der Waals surface area contributed by atoms with Gasteiger partial charge in [0.2, 0.25) is 0 Å². The lowest BCUT2D eigenvalue weighted by Gasteiger charge is -2.03. The summed E-state index contributed by atoms with van der Waals surface area (Å²) in [6, 6.07) is 6.47. The molecule has 0 atom stereocenters. The van der Waals surface area contributed by atoms with E-state index in [2.05, 4.69) is 12.6 Å². The first-order chi connectivity index (χ1) is 6.03. The monoisotopic (exact) mass is 218 g/mol. The average molecular weight is 218 g/mol. The van der Waals surface area contributed by atoms with Crippen LogP contribution in [0.3, 0.4) is 0 Å². The molecule has 0 aliphatic heterocycles. The van der Waals surface area contributed by atoms with Crippen molar-refractivity contribution in [1.29, 1.82) is 0 Å². The first-order valence-electron chi connectivity index (χ1n) is 3.74. The van der Waals surface area contributed by atoms with E-state index in [0.29, 0.717) is 5.75 Å². The van der Waals surface area contributed by atoms with E-state index in [9.17, 15) is 8.42 Å². The first kappa shape index (κ1) is 10.4. The van der Waals surface area contributed by atoms with Crippen LogP contribution in [0.5, 0.6) is 5.75 Å².